The van der Waals surface area contributed by atoms with Gasteiger partial charge in [-0.3, -0.25) is 14.5 Å². The second-order valence-electron chi connectivity index (χ2n) is 22.9. The van der Waals surface area contributed by atoms with E-state index in [1.54, 1.807) is 65.6 Å². The summed E-state index contributed by atoms with van der Waals surface area (Å²) < 4.78 is 19.0. The molecule has 7 aromatic rings. The first-order chi connectivity index (χ1) is 37.1. The first-order valence-electron chi connectivity index (χ1n) is 26.8. The fourth-order valence-corrected chi connectivity index (χ4v) is 11.6. The van der Waals surface area contributed by atoms with Gasteiger partial charge in [0.25, 0.3) is 5.91 Å². The van der Waals surface area contributed by atoms with Gasteiger partial charge >= 0.3 is 12.1 Å². The summed E-state index contributed by atoms with van der Waals surface area (Å²) in [5.74, 6) is -0.783. The molecule has 16 heteroatoms. The molecule has 13 nitrogen and oxygen atoms in total. The number of fused-ring (bicyclic) bond motifs is 1. The van der Waals surface area contributed by atoms with Gasteiger partial charge in [-0.05, 0) is 140 Å². The van der Waals surface area contributed by atoms with Crippen molar-refractivity contribution in [2.75, 3.05) is 32.8 Å². The van der Waals surface area contributed by atoms with Gasteiger partial charge in [0.2, 0.25) is 11.2 Å². The number of carbonyl (C=O) groups excluding carboxylic acids is 3. The molecule has 0 radical (unpaired) electrons. The van der Waals surface area contributed by atoms with Gasteiger partial charge in [0, 0.05) is 36.0 Å². The predicted octanol–water partition coefficient (Wildman–Crippen LogP) is 12.2. The van der Waals surface area contributed by atoms with Crippen LogP contribution in [0.3, 0.4) is 0 Å². The maximum absolute atomic E-state index is 14.0. The van der Waals surface area contributed by atoms with Crippen molar-refractivity contribution in [3.05, 3.63) is 194 Å². The number of aromatic nitrogens is 1. The average molecular weight is 1130 g/mol. The van der Waals surface area contributed by atoms with E-state index in [0.717, 1.165) is 59.6 Å². The molecule has 0 unspecified atom stereocenters. The minimum atomic E-state index is -2.46. The third-order valence-corrected chi connectivity index (χ3v) is 20.6. The number of likely N-dealkylation sites (tertiary alicyclic amines) is 1. The van der Waals surface area contributed by atoms with Crippen molar-refractivity contribution < 1.29 is 38.5 Å². The smallest absolute Gasteiger partial charge is 0.410 e. The number of H-pyrrole nitrogens is 1. The molecule has 2 amide bonds. The van der Waals surface area contributed by atoms with E-state index in [-0.39, 0.29) is 54.8 Å². The van der Waals surface area contributed by atoms with Crippen molar-refractivity contribution in [3.8, 4) is 16.2 Å². The van der Waals surface area contributed by atoms with E-state index in [0.29, 0.717) is 46.4 Å². The Labute approximate surface area is 476 Å². The van der Waals surface area contributed by atoms with Crippen LogP contribution in [0.25, 0.3) is 21.3 Å². The minimum Gasteiger partial charge on any atom is -0.506 e. The van der Waals surface area contributed by atoms with E-state index >= 15 is 0 Å². The van der Waals surface area contributed by atoms with E-state index in [2.05, 4.69) is 73.3 Å². The largest absolute Gasteiger partial charge is 0.506 e. The van der Waals surface area contributed by atoms with E-state index in [9.17, 15) is 29.4 Å². The molecular formula is C63H76N4O9S2Si. The van der Waals surface area contributed by atoms with Gasteiger partial charge in [-0.1, -0.05) is 136 Å². The van der Waals surface area contributed by atoms with Gasteiger partial charge in [-0.15, -0.1) is 11.3 Å². The molecule has 8 rings (SSSR count). The third kappa shape index (κ3) is 15.2. The highest BCUT2D eigenvalue weighted by atomic mass is 32.1. The normalized spacial score (nSPS) is 14.6. The zero-order chi connectivity index (χ0) is 55.8. The summed E-state index contributed by atoms with van der Waals surface area (Å²) in [6.07, 6.45) is 1.21. The van der Waals surface area contributed by atoms with Gasteiger partial charge in [0.15, 0.2) is 8.32 Å². The number of ether oxygens (including phenoxy) is 2. The van der Waals surface area contributed by atoms with Gasteiger partial charge < -0.3 is 39.3 Å². The Kier molecular flexibility index (Phi) is 19.6. The Bertz CT molecular complexity index is 3220. The molecule has 5 aromatic carbocycles. The van der Waals surface area contributed by atoms with E-state index < -0.39 is 37.7 Å². The maximum atomic E-state index is 14.0. The molecule has 1 aliphatic rings. The lowest BCUT2D eigenvalue weighted by atomic mass is 9.85. The number of aromatic amines is 1. The van der Waals surface area contributed by atoms with Crippen LogP contribution in [0.5, 0.6) is 5.75 Å². The number of piperidine rings is 1. The van der Waals surface area contributed by atoms with Crippen LogP contribution in [-0.4, -0.2) is 89.7 Å². The highest BCUT2D eigenvalue weighted by Crippen LogP contribution is 2.42. The van der Waals surface area contributed by atoms with Gasteiger partial charge in [-0.25, -0.2) is 9.59 Å². The number of carbonyl (C=O) groups is 3. The highest BCUT2D eigenvalue weighted by Gasteiger charge is 2.43. The van der Waals surface area contributed by atoms with Crippen LogP contribution in [0.2, 0.25) is 18.1 Å². The van der Waals surface area contributed by atoms with E-state index in [1.165, 1.54) is 23.0 Å². The standard InChI is InChI=1S/C63H74N4O9SSi.H2S/c1-61(2,3)75-60(72)67(41-53(76-78(7,8)62(4,5)6)50-27-29-52(68)57-51(50)28-32-56(69)65-57)38-35-43-19-21-44(22-20-43)39-64-58(70)55-31-30-54(77-55)47-23-25-49(26-24-47)63(73,48-17-13-10-14-18-48)59(71)74-42-46-33-36-66(37-34-46)40-45-15-11-9-12-16-45;/h9-32,46,53,68,73H,33-42H2,1-8H3,(H,64,70)(H,65,69);1H2/t53-,63-;/m0./s1. The number of nitrogens with one attached hydrogen (secondary N) is 2. The number of thiophene rings is 1. The fourth-order valence-electron chi connectivity index (χ4n) is 9.44. The van der Waals surface area contributed by atoms with Crippen LogP contribution in [0.4, 0.5) is 4.79 Å². The molecule has 2 atom stereocenters. The minimum absolute atomic E-state index is 0. The van der Waals surface area contributed by atoms with Crippen LogP contribution < -0.4 is 10.9 Å². The number of pyridine rings is 1. The molecule has 3 heterocycles. The summed E-state index contributed by atoms with van der Waals surface area (Å²) in [5, 5.41) is 26.5. The Morgan fingerprint density at radius 2 is 1.42 bits per heavy atom. The zero-order valence-electron chi connectivity index (χ0n) is 46.6. The van der Waals surface area contributed by atoms with E-state index in [4.69, 9.17) is 13.9 Å². The number of aromatic hydroxyl groups is 1. The molecule has 79 heavy (non-hydrogen) atoms. The lowest BCUT2D eigenvalue weighted by Gasteiger charge is -2.41. The van der Waals surface area contributed by atoms with Crippen molar-refractivity contribution in [2.45, 2.75) is 109 Å². The summed E-state index contributed by atoms with van der Waals surface area (Å²) in [6, 6.07) is 44.5. The van der Waals surface area contributed by atoms with Gasteiger partial charge in [0.05, 0.1) is 29.6 Å². The number of hydrogen-bond donors (Lipinski definition) is 4. The maximum Gasteiger partial charge on any atom is 0.410 e. The second kappa shape index (κ2) is 25.7. The fraction of sp³-hybridized carbons (Fsp3) is 0.365. The van der Waals surface area contributed by atoms with Gasteiger partial charge in [0.1, 0.15) is 11.4 Å². The van der Waals surface area contributed by atoms with Crippen LogP contribution in [0.1, 0.15) is 104 Å². The first-order valence-corrected chi connectivity index (χ1v) is 30.6. The molecule has 4 N–H and O–H groups in total. The Balaban J connectivity index is 0.00000903. The molecule has 0 aliphatic carbocycles. The number of esters is 1. The number of amides is 2. The molecule has 418 valence electrons. The Morgan fingerprint density at radius 1 is 0.785 bits per heavy atom. The van der Waals surface area contributed by atoms with Crippen molar-refractivity contribution in [3.63, 3.8) is 0 Å². The highest BCUT2D eigenvalue weighted by molar-refractivity contribution is 7.59. The number of hydrogen-bond acceptors (Lipinski definition) is 11. The number of rotatable bonds is 19. The summed E-state index contributed by atoms with van der Waals surface area (Å²) in [4.78, 5) is 62.1. The third-order valence-electron chi connectivity index (χ3n) is 15.0. The lowest BCUT2D eigenvalue weighted by molar-refractivity contribution is -0.164. The Morgan fingerprint density at radius 3 is 2.06 bits per heavy atom. The zero-order valence-corrected chi connectivity index (χ0v) is 49.5. The lowest BCUT2D eigenvalue weighted by Crippen LogP contribution is -2.46. The average Bonchev–Trinajstić information content (AvgIpc) is 4.00. The van der Waals surface area contributed by atoms with Crippen LogP contribution >= 0.6 is 24.8 Å². The van der Waals surface area contributed by atoms with Gasteiger partial charge in [-0.2, -0.15) is 13.5 Å². The van der Waals surface area contributed by atoms with Crippen molar-refractivity contribution >= 4 is 62.0 Å². The molecule has 0 spiro atoms. The monoisotopic (exact) mass is 1120 g/mol. The van der Waals surface area contributed by atoms with Crippen molar-refractivity contribution in [1.82, 2.24) is 20.1 Å². The predicted molar refractivity (Wildman–Crippen MR) is 321 cm³/mol. The quantitative estimate of drug-likeness (QED) is 0.0451. The first kappa shape index (κ1) is 60.1. The SMILES string of the molecule is CC(C)(C)OC(=O)N(CCc1ccc(CNC(=O)c2ccc(-c3ccc([C@](O)(C(=O)OCC4CCN(Cc5ccccc5)CC4)c4ccccc4)cc3)s2)cc1)C[C@H](O[Si](C)(C)C(C)(C)C)c1ccc(O)c2[nH]c(=O)ccc12.S. The molecular weight excluding hydrogens is 1050 g/mol. The summed E-state index contributed by atoms with van der Waals surface area (Å²) in [6.45, 7) is 20.0. The van der Waals surface area contributed by atoms with Crippen molar-refractivity contribution in [1.29, 1.82) is 0 Å². The summed E-state index contributed by atoms with van der Waals surface area (Å²) in [7, 11) is -2.46. The molecule has 2 aromatic heterocycles. The summed E-state index contributed by atoms with van der Waals surface area (Å²) >= 11 is 1.35. The second-order valence-corrected chi connectivity index (χ2v) is 28.8. The van der Waals surface area contributed by atoms with Crippen LogP contribution in [0.15, 0.2) is 150 Å². The molecule has 0 bridgehead atoms. The molecule has 1 saturated heterocycles. The summed E-state index contributed by atoms with van der Waals surface area (Å²) in [5.41, 5.74) is 2.73. The number of aliphatic hydroxyl groups is 1. The molecule has 1 aliphatic heterocycles. The molecule has 0 saturated carbocycles. The number of nitrogens with zero attached hydrogens (tertiary/aromatic N) is 2. The Hall–Kier alpha value is -6.53. The number of phenols is 1. The van der Waals surface area contributed by atoms with Crippen LogP contribution in [-0.2, 0) is 43.8 Å². The van der Waals surface area contributed by atoms with E-state index in [1.807, 2.05) is 75.4 Å². The number of phenolic OH excluding ortho intramolecular Hbond substituents is 1. The topological polar surface area (TPSA) is 171 Å². The van der Waals surface area contributed by atoms with Crippen LogP contribution in [0, 0.1) is 5.92 Å². The molecule has 1 fully saturated rings. The van der Waals surface area contributed by atoms with Crippen molar-refractivity contribution in [2.24, 2.45) is 5.92 Å². The number of benzene rings is 5.